The summed E-state index contributed by atoms with van der Waals surface area (Å²) in [6.07, 6.45) is 1.71. The SMILES string of the molecule is CCN(S)C(=O)Nc1ccc2ncc(-c3ccccc3)nc2n1. The monoisotopic (exact) mass is 325 g/mol. The third-order valence-corrected chi connectivity index (χ3v) is 3.71. The Morgan fingerprint density at radius 2 is 1.96 bits per heavy atom. The lowest BCUT2D eigenvalue weighted by Gasteiger charge is -2.13. The second kappa shape index (κ2) is 6.62. The first-order valence-electron chi connectivity index (χ1n) is 7.14. The van der Waals surface area contributed by atoms with Crippen LogP contribution in [-0.2, 0) is 0 Å². The Morgan fingerprint density at radius 3 is 2.70 bits per heavy atom. The number of pyridine rings is 1. The van der Waals surface area contributed by atoms with Gasteiger partial charge in [0.25, 0.3) is 0 Å². The molecular formula is C16H15N5OS. The number of aromatic nitrogens is 3. The molecule has 0 aliphatic heterocycles. The van der Waals surface area contributed by atoms with Gasteiger partial charge in [0.2, 0.25) is 0 Å². The summed E-state index contributed by atoms with van der Waals surface area (Å²) in [5, 5.41) is 2.68. The number of carbonyl (C=O) groups is 1. The van der Waals surface area contributed by atoms with Crippen molar-refractivity contribution in [1.29, 1.82) is 0 Å². The molecule has 0 aliphatic carbocycles. The highest BCUT2D eigenvalue weighted by molar-refractivity contribution is 7.78. The molecule has 0 saturated heterocycles. The molecule has 7 heteroatoms. The number of hydrogen-bond acceptors (Lipinski definition) is 5. The predicted molar refractivity (Wildman–Crippen MR) is 93.2 cm³/mol. The fraction of sp³-hybridized carbons (Fsp3) is 0.125. The highest BCUT2D eigenvalue weighted by atomic mass is 32.1. The minimum atomic E-state index is -0.338. The first kappa shape index (κ1) is 15.2. The summed E-state index contributed by atoms with van der Waals surface area (Å²) in [4.78, 5) is 25.1. The second-order valence-electron chi connectivity index (χ2n) is 4.81. The summed E-state index contributed by atoms with van der Waals surface area (Å²) < 4.78 is 1.26. The topological polar surface area (TPSA) is 71.0 Å². The number of nitrogens with one attached hydrogen (secondary N) is 1. The Morgan fingerprint density at radius 1 is 1.17 bits per heavy atom. The molecule has 23 heavy (non-hydrogen) atoms. The summed E-state index contributed by atoms with van der Waals surface area (Å²) in [5.41, 5.74) is 2.84. The molecule has 2 amide bonds. The molecule has 0 unspecified atom stereocenters. The van der Waals surface area contributed by atoms with Gasteiger partial charge in [-0.2, -0.15) is 0 Å². The maximum atomic E-state index is 11.8. The summed E-state index contributed by atoms with van der Waals surface area (Å²) in [7, 11) is 0. The van der Waals surface area contributed by atoms with Crippen LogP contribution in [0.5, 0.6) is 0 Å². The maximum absolute atomic E-state index is 11.8. The molecule has 0 radical (unpaired) electrons. The van der Waals surface area contributed by atoms with E-state index in [-0.39, 0.29) is 6.03 Å². The van der Waals surface area contributed by atoms with E-state index in [0.717, 1.165) is 11.3 Å². The molecule has 1 N–H and O–H groups in total. The summed E-state index contributed by atoms with van der Waals surface area (Å²) in [5.74, 6) is 0.412. The average Bonchev–Trinajstić information content (AvgIpc) is 2.61. The van der Waals surface area contributed by atoms with E-state index >= 15 is 0 Å². The van der Waals surface area contributed by atoms with Gasteiger partial charge in [0.1, 0.15) is 11.3 Å². The van der Waals surface area contributed by atoms with Gasteiger partial charge in [0.15, 0.2) is 5.65 Å². The number of urea groups is 1. The normalized spacial score (nSPS) is 10.5. The lowest BCUT2D eigenvalue weighted by molar-refractivity contribution is 0.240. The van der Waals surface area contributed by atoms with Gasteiger partial charge in [-0.1, -0.05) is 43.1 Å². The number of benzene rings is 1. The van der Waals surface area contributed by atoms with Crippen LogP contribution in [0.3, 0.4) is 0 Å². The number of anilines is 1. The summed E-state index contributed by atoms with van der Waals surface area (Å²) in [6.45, 7) is 2.32. The number of thiol groups is 1. The Kier molecular flexibility index (Phi) is 4.38. The molecule has 0 bridgehead atoms. The molecule has 6 nitrogen and oxygen atoms in total. The van der Waals surface area contributed by atoms with E-state index in [4.69, 9.17) is 0 Å². The Labute approximate surface area is 139 Å². The molecular weight excluding hydrogens is 310 g/mol. The molecule has 0 fully saturated rings. The van der Waals surface area contributed by atoms with Crippen LogP contribution in [-0.4, -0.2) is 31.8 Å². The van der Waals surface area contributed by atoms with E-state index in [0.29, 0.717) is 23.5 Å². The molecule has 2 heterocycles. The average molecular weight is 325 g/mol. The van der Waals surface area contributed by atoms with Crippen molar-refractivity contribution in [2.75, 3.05) is 11.9 Å². The highest BCUT2D eigenvalue weighted by Crippen LogP contribution is 2.19. The smallest absolute Gasteiger partial charge is 0.291 e. The second-order valence-corrected chi connectivity index (χ2v) is 5.29. The van der Waals surface area contributed by atoms with E-state index in [1.165, 1.54) is 4.31 Å². The Balaban J connectivity index is 1.93. The lowest BCUT2D eigenvalue weighted by atomic mass is 10.2. The van der Waals surface area contributed by atoms with Crippen LogP contribution >= 0.6 is 12.8 Å². The fourth-order valence-electron chi connectivity index (χ4n) is 2.03. The molecule has 3 aromatic rings. The number of amides is 2. The van der Waals surface area contributed by atoms with Gasteiger partial charge >= 0.3 is 6.03 Å². The lowest BCUT2D eigenvalue weighted by Crippen LogP contribution is -2.27. The Hall–Kier alpha value is -2.67. The van der Waals surface area contributed by atoms with Crippen LogP contribution in [0.4, 0.5) is 10.6 Å². The van der Waals surface area contributed by atoms with Crippen LogP contribution in [0.1, 0.15) is 6.92 Å². The van der Waals surface area contributed by atoms with Crippen LogP contribution in [0, 0.1) is 0 Å². The van der Waals surface area contributed by atoms with Crippen molar-refractivity contribution in [3.63, 3.8) is 0 Å². The number of hydrogen-bond donors (Lipinski definition) is 2. The Bertz CT molecular complexity index is 840. The van der Waals surface area contributed by atoms with Gasteiger partial charge in [-0.25, -0.2) is 14.8 Å². The zero-order valence-corrected chi connectivity index (χ0v) is 13.4. The third-order valence-electron chi connectivity index (χ3n) is 3.25. The van der Waals surface area contributed by atoms with Crippen molar-refractivity contribution in [2.45, 2.75) is 6.92 Å². The number of rotatable bonds is 3. The van der Waals surface area contributed by atoms with Crippen LogP contribution in [0.2, 0.25) is 0 Å². The molecule has 2 aromatic heterocycles. The van der Waals surface area contributed by atoms with Crippen molar-refractivity contribution < 1.29 is 4.79 Å². The van der Waals surface area contributed by atoms with Crippen molar-refractivity contribution in [2.24, 2.45) is 0 Å². The fourth-order valence-corrected chi connectivity index (χ4v) is 2.08. The zero-order valence-electron chi connectivity index (χ0n) is 12.5. The largest absolute Gasteiger partial charge is 0.332 e. The van der Waals surface area contributed by atoms with Crippen molar-refractivity contribution in [3.05, 3.63) is 48.7 Å². The minimum Gasteiger partial charge on any atom is -0.291 e. The summed E-state index contributed by atoms with van der Waals surface area (Å²) in [6, 6.07) is 12.9. The number of carbonyl (C=O) groups excluding carboxylic acids is 1. The van der Waals surface area contributed by atoms with Gasteiger partial charge in [-0.3, -0.25) is 14.6 Å². The third kappa shape index (κ3) is 3.40. The predicted octanol–water partition coefficient (Wildman–Crippen LogP) is 3.39. The molecule has 0 saturated carbocycles. The maximum Gasteiger partial charge on any atom is 0.332 e. The highest BCUT2D eigenvalue weighted by Gasteiger charge is 2.10. The van der Waals surface area contributed by atoms with Gasteiger partial charge in [-0.05, 0) is 19.1 Å². The molecule has 0 spiro atoms. The number of nitrogens with zero attached hydrogens (tertiary/aromatic N) is 4. The van der Waals surface area contributed by atoms with E-state index in [9.17, 15) is 4.79 Å². The van der Waals surface area contributed by atoms with Crippen molar-refractivity contribution in [1.82, 2.24) is 19.3 Å². The molecule has 0 atom stereocenters. The van der Waals surface area contributed by atoms with E-state index in [2.05, 4.69) is 33.1 Å². The van der Waals surface area contributed by atoms with Crippen molar-refractivity contribution >= 4 is 35.8 Å². The van der Waals surface area contributed by atoms with Crippen LogP contribution in [0.25, 0.3) is 22.4 Å². The van der Waals surface area contributed by atoms with Gasteiger partial charge in [0.05, 0.1) is 11.9 Å². The van der Waals surface area contributed by atoms with E-state index < -0.39 is 0 Å². The molecule has 116 valence electrons. The van der Waals surface area contributed by atoms with Gasteiger partial charge in [-0.15, -0.1) is 0 Å². The van der Waals surface area contributed by atoms with Crippen LogP contribution < -0.4 is 5.32 Å². The van der Waals surface area contributed by atoms with Crippen molar-refractivity contribution in [3.8, 4) is 11.3 Å². The van der Waals surface area contributed by atoms with Gasteiger partial charge < -0.3 is 0 Å². The minimum absolute atomic E-state index is 0.338. The first-order chi connectivity index (χ1) is 11.2. The molecule has 3 rings (SSSR count). The first-order valence-corrected chi connectivity index (χ1v) is 7.54. The summed E-state index contributed by atoms with van der Waals surface area (Å²) >= 11 is 4.06. The zero-order chi connectivity index (χ0) is 16.2. The quantitative estimate of drug-likeness (QED) is 0.724. The standard InChI is InChI=1S/C16H15N5OS/c1-2-21(23)16(22)20-14-9-8-12-15(19-14)18-13(10-17-12)11-6-4-3-5-7-11/h3-10,23H,2H2,1H3,(H,18,19,20,22). The number of fused-ring (bicyclic) bond motifs is 1. The molecule has 0 aliphatic rings. The van der Waals surface area contributed by atoms with Gasteiger partial charge in [0, 0.05) is 12.1 Å². The van der Waals surface area contributed by atoms with E-state index in [1.54, 1.807) is 18.3 Å². The van der Waals surface area contributed by atoms with Crippen LogP contribution in [0.15, 0.2) is 48.7 Å². The van der Waals surface area contributed by atoms with E-state index in [1.807, 2.05) is 37.3 Å². The molecule has 1 aromatic carbocycles.